The average molecular weight is 666 g/mol. The van der Waals surface area contributed by atoms with Crippen LogP contribution < -0.4 is 33.9 Å². The van der Waals surface area contributed by atoms with Crippen molar-refractivity contribution >= 4 is 40.7 Å². The third-order valence-electron chi connectivity index (χ3n) is 7.53. The Balaban J connectivity index is 1.29. The number of nitrogens with zero attached hydrogens (tertiary/aromatic N) is 4. The van der Waals surface area contributed by atoms with Crippen molar-refractivity contribution in [3.63, 3.8) is 0 Å². The minimum Gasteiger partial charge on any atom is -0.497 e. The fourth-order valence-corrected chi connectivity index (χ4v) is 5.37. The lowest BCUT2D eigenvalue weighted by atomic mass is 10.1. The Morgan fingerprint density at radius 1 is 0.915 bits per heavy atom. The highest BCUT2D eigenvalue weighted by molar-refractivity contribution is 6.30. The Kier molecular flexibility index (Phi) is 11.5. The molecule has 3 aromatic carbocycles. The molecule has 47 heavy (non-hydrogen) atoms. The van der Waals surface area contributed by atoms with Gasteiger partial charge in [-0.15, -0.1) is 0 Å². The van der Waals surface area contributed by atoms with Crippen molar-refractivity contribution in [3.05, 3.63) is 77.7 Å². The molecule has 2 heterocycles. The number of hydrogen-bond donors (Lipinski definition) is 1. The van der Waals surface area contributed by atoms with E-state index in [2.05, 4.69) is 20.2 Å². The minimum absolute atomic E-state index is 0.0629. The second-order valence-corrected chi connectivity index (χ2v) is 11.1. The maximum Gasteiger partial charge on any atom is 0.426 e. The van der Waals surface area contributed by atoms with E-state index in [1.807, 2.05) is 0 Å². The van der Waals surface area contributed by atoms with E-state index in [4.69, 9.17) is 35.3 Å². The van der Waals surface area contributed by atoms with Crippen molar-refractivity contribution < 1.29 is 32.9 Å². The van der Waals surface area contributed by atoms with Crippen molar-refractivity contribution in [1.82, 2.24) is 14.9 Å². The molecule has 1 fully saturated rings. The lowest BCUT2D eigenvalue weighted by Crippen LogP contribution is -2.31. The van der Waals surface area contributed by atoms with Crippen LogP contribution >= 0.6 is 11.6 Å². The van der Waals surface area contributed by atoms with Gasteiger partial charge in [-0.1, -0.05) is 18.0 Å². The van der Waals surface area contributed by atoms with Crippen LogP contribution in [0.25, 0.3) is 0 Å². The molecule has 0 bridgehead atoms. The Morgan fingerprint density at radius 3 is 2.38 bits per heavy atom. The summed E-state index contributed by atoms with van der Waals surface area (Å²) in [5.41, 5.74) is 1.07. The van der Waals surface area contributed by atoms with Crippen molar-refractivity contribution in [2.75, 3.05) is 57.8 Å². The van der Waals surface area contributed by atoms with Gasteiger partial charge in [-0.25, -0.2) is 19.1 Å². The number of carbonyl (C=O) groups is 1. The first kappa shape index (κ1) is 33.6. The number of carbonyl (C=O) groups excluding carboxylic acids is 1. The van der Waals surface area contributed by atoms with Crippen LogP contribution in [-0.2, 0) is 0 Å². The summed E-state index contributed by atoms with van der Waals surface area (Å²) < 4.78 is 42.7. The van der Waals surface area contributed by atoms with E-state index in [1.165, 1.54) is 63.8 Å². The molecule has 13 heteroatoms. The molecule has 0 atom stereocenters. The molecule has 0 saturated carbocycles. The summed E-state index contributed by atoms with van der Waals surface area (Å²) >= 11 is 6.20. The van der Waals surface area contributed by atoms with E-state index >= 15 is 0 Å². The van der Waals surface area contributed by atoms with Gasteiger partial charge in [0.15, 0.2) is 11.6 Å². The molecule has 5 rings (SSSR count). The molecule has 0 spiro atoms. The van der Waals surface area contributed by atoms with Crippen molar-refractivity contribution in [3.8, 4) is 28.9 Å². The summed E-state index contributed by atoms with van der Waals surface area (Å²) in [6.45, 7) is 3.60. The maximum absolute atomic E-state index is 14.9. The number of benzene rings is 3. The third-order valence-corrected chi connectivity index (χ3v) is 7.76. The first-order chi connectivity index (χ1) is 22.9. The summed E-state index contributed by atoms with van der Waals surface area (Å²) in [6.07, 6.45) is 5.16. The van der Waals surface area contributed by atoms with Crippen LogP contribution in [0.5, 0.6) is 28.9 Å². The molecule has 1 aliphatic heterocycles. The van der Waals surface area contributed by atoms with E-state index in [-0.39, 0.29) is 17.6 Å². The van der Waals surface area contributed by atoms with Crippen LogP contribution in [0.15, 0.2) is 66.9 Å². The Hall–Kier alpha value is -4.81. The zero-order valence-electron chi connectivity index (χ0n) is 26.5. The molecule has 4 aromatic rings. The number of aromatic nitrogens is 2. The second kappa shape index (κ2) is 16.1. The Bertz CT molecular complexity index is 1670. The lowest BCUT2D eigenvalue weighted by Gasteiger charge is -2.26. The van der Waals surface area contributed by atoms with Gasteiger partial charge in [0.1, 0.15) is 17.2 Å². The standard InChI is InChI=1S/C34H37ClFN5O6/c1-43-25-10-12-28(31(22-25)45-3)41(27-11-8-23(35)20-30(27)44-2)34(42)47-32-14-15-37-33(39-32)38-24-9-13-29(26(36)21-24)46-19-7-18-40-16-5-4-6-17-40/h8-15,20-22H,4-7,16-19H2,1-3H3,(H,37,38,39). The second-order valence-electron chi connectivity index (χ2n) is 10.7. The topological polar surface area (TPSA) is 108 Å². The fourth-order valence-electron chi connectivity index (χ4n) is 5.20. The molecular formula is C34H37ClFN5O6. The summed E-state index contributed by atoms with van der Waals surface area (Å²) in [5.74, 6) is 0.849. The van der Waals surface area contributed by atoms with Gasteiger partial charge >= 0.3 is 6.09 Å². The van der Waals surface area contributed by atoms with E-state index in [9.17, 15) is 9.18 Å². The van der Waals surface area contributed by atoms with E-state index < -0.39 is 11.9 Å². The molecule has 1 aliphatic rings. The zero-order valence-corrected chi connectivity index (χ0v) is 27.3. The van der Waals surface area contributed by atoms with Crippen molar-refractivity contribution in [2.45, 2.75) is 25.7 Å². The molecule has 1 N–H and O–H groups in total. The maximum atomic E-state index is 14.9. The number of likely N-dealkylation sites (tertiary alicyclic amines) is 1. The quantitative estimate of drug-likeness (QED) is 0.143. The fraction of sp³-hybridized carbons (Fsp3) is 0.324. The smallest absolute Gasteiger partial charge is 0.426 e. The van der Waals surface area contributed by atoms with Gasteiger partial charge in [-0.3, -0.25) is 0 Å². The van der Waals surface area contributed by atoms with Gasteiger partial charge in [0.05, 0.1) is 39.3 Å². The van der Waals surface area contributed by atoms with Gasteiger partial charge < -0.3 is 33.9 Å². The molecule has 11 nitrogen and oxygen atoms in total. The SMILES string of the molecule is COc1ccc(N(C(=O)Oc2ccnc(Nc3ccc(OCCCN4CCCCC4)c(F)c3)n2)c2ccc(Cl)cc2OC)c(OC)c1. The monoisotopic (exact) mass is 665 g/mol. The van der Waals surface area contributed by atoms with Crippen molar-refractivity contribution in [1.29, 1.82) is 0 Å². The number of piperidine rings is 1. The number of amides is 1. The predicted molar refractivity (Wildman–Crippen MR) is 178 cm³/mol. The highest BCUT2D eigenvalue weighted by atomic mass is 35.5. The highest BCUT2D eigenvalue weighted by Gasteiger charge is 2.28. The number of ether oxygens (including phenoxy) is 5. The zero-order chi connectivity index (χ0) is 33.2. The average Bonchev–Trinajstić information content (AvgIpc) is 3.09. The first-order valence-electron chi connectivity index (χ1n) is 15.2. The third kappa shape index (κ3) is 8.72. The summed E-state index contributed by atoms with van der Waals surface area (Å²) in [6, 6.07) is 15.7. The van der Waals surface area contributed by atoms with Crippen LogP contribution in [0.4, 0.5) is 32.2 Å². The highest BCUT2D eigenvalue weighted by Crippen LogP contribution is 2.41. The van der Waals surface area contributed by atoms with Gasteiger partial charge in [0, 0.05) is 47.7 Å². The molecule has 0 radical (unpaired) electrons. The summed E-state index contributed by atoms with van der Waals surface area (Å²) in [4.78, 5) is 26.0. The Labute approximate surface area is 278 Å². The minimum atomic E-state index is -0.827. The van der Waals surface area contributed by atoms with Gasteiger partial charge in [-0.05, 0) is 68.8 Å². The number of rotatable bonds is 13. The number of methoxy groups -OCH3 is 3. The molecular weight excluding hydrogens is 629 g/mol. The molecule has 0 unspecified atom stereocenters. The number of nitrogens with one attached hydrogen (secondary N) is 1. The van der Waals surface area contributed by atoms with Gasteiger partial charge in [0.2, 0.25) is 11.8 Å². The van der Waals surface area contributed by atoms with Crippen LogP contribution in [0.3, 0.4) is 0 Å². The lowest BCUT2D eigenvalue weighted by molar-refractivity contribution is 0.203. The van der Waals surface area contributed by atoms with E-state index in [0.717, 1.165) is 26.1 Å². The first-order valence-corrected chi connectivity index (χ1v) is 15.6. The van der Waals surface area contributed by atoms with E-state index in [1.54, 1.807) is 48.5 Å². The van der Waals surface area contributed by atoms with E-state index in [0.29, 0.717) is 45.9 Å². The van der Waals surface area contributed by atoms with Crippen LogP contribution in [0, 0.1) is 5.82 Å². The predicted octanol–water partition coefficient (Wildman–Crippen LogP) is 7.63. The number of halogens is 2. The molecule has 248 valence electrons. The number of anilines is 4. The normalized spacial score (nSPS) is 13.0. The molecule has 0 aliphatic carbocycles. The van der Waals surface area contributed by atoms with Gasteiger partial charge in [-0.2, -0.15) is 4.98 Å². The largest absolute Gasteiger partial charge is 0.497 e. The molecule has 1 saturated heterocycles. The summed E-state index contributed by atoms with van der Waals surface area (Å²) in [5, 5.41) is 3.36. The summed E-state index contributed by atoms with van der Waals surface area (Å²) in [7, 11) is 4.46. The van der Waals surface area contributed by atoms with Crippen LogP contribution in [0.1, 0.15) is 25.7 Å². The Morgan fingerprint density at radius 2 is 1.66 bits per heavy atom. The van der Waals surface area contributed by atoms with Gasteiger partial charge in [0.25, 0.3) is 0 Å². The van der Waals surface area contributed by atoms with Crippen LogP contribution in [-0.4, -0.2) is 68.5 Å². The van der Waals surface area contributed by atoms with Crippen LogP contribution in [0.2, 0.25) is 5.02 Å². The van der Waals surface area contributed by atoms with Crippen molar-refractivity contribution in [2.24, 2.45) is 0 Å². The molecule has 1 aromatic heterocycles. The number of hydrogen-bond acceptors (Lipinski definition) is 10. The molecule has 1 amide bonds.